The first-order valence-corrected chi connectivity index (χ1v) is 9.49. The molecular formula is C24H28ClN3. The first kappa shape index (κ1) is 21.6. The van der Waals surface area contributed by atoms with E-state index in [4.69, 9.17) is 0 Å². The lowest BCUT2D eigenvalue weighted by atomic mass is 9.92. The molecule has 0 amide bonds. The molecule has 0 N–H and O–H groups in total. The monoisotopic (exact) mass is 393 g/mol. The Labute approximate surface area is 173 Å². The topological polar surface area (TPSA) is 30.7 Å². The van der Waals surface area contributed by atoms with Crippen molar-refractivity contribution in [1.82, 2.24) is 14.5 Å². The number of pyridine rings is 1. The summed E-state index contributed by atoms with van der Waals surface area (Å²) in [5.74, 6) is 1.04. The van der Waals surface area contributed by atoms with E-state index in [-0.39, 0.29) is 12.4 Å². The lowest BCUT2D eigenvalue weighted by Gasteiger charge is -2.19. The van der Waals surface area contributed by atoms with Crippen molar-refractivity contribution in [3.05, 3.63) is 90.6 Å². The molecule has 0 aliphatic heterocycles. The Hall–Kier alpha value is -2.65. The molecule has 146 valence electrons. The number of fused-ring (bicyclic) bond motifs is 1. The highest BCUT2D eigenvalue weighted by molar-refractivity contribution is 5.85. The number of hydrogen-bond donors (Lipinski definition) is 0. The molecular weight excluding hydrogens is 366 g/mol. The number of rotatable bonds is 3. The smallest absolute Gasteiger partial charge is 0.0991 e. The van der Waals surface area contributed by atoms with Gasteiger partial charge in [-0.3, -0.25) is 4.98 Å². The second-order valence-electron chi connectivity index (χ2n) is 7.26. The van der Waals surface area contributed by atoms with Crippen LogP contribution in [0.4, 0.5) is 0 Å². The zero-order valence-corrected chi connectivity index (χ0v) is 17.7. The van der Waals surface area contributed by atoms with E-state index < -0.39 is 0 Å². The van der Waals surface area contributed by atoms with Gasteiger partial charge in [-0.2, -0.15) is 0 Å². The van der Waals surface area contributed by atoms with Gasteiger partial charge in [-0.05, 0) is 35.1 Å². The molecule has 0 aliphatic carbocycles. The molecule has 0 radical (unpaired) electrons. The van der Waals surface area contributed by atoms with Crippen LogP contribution in [-0.2, 0) is 0 Å². The molecule has 0 bridgehead atoms. The van der Waals surface area contributed by atoms with Gasteiger partial charge in [0.15, 0.2) is 0 Å². The lowest BCUT2D eigenvalue weighted by molar-refractivity contribution is 0.805. The maximum atomic E-state index is 4.18. The van der Waals surface area contributed by atoms with Crippen molar-refractivity contribution >= 4 is 23.3 Å². The van der Waals surface area contributed by atoms with Crippen molar-refractivity contribution in [2.24, 2.45) is 0 Å². The Morgan fingerprint density at radius 3 is 1.96 bits per heavy atom. The number of imidazole rings is 1. The van der Waals surface area contributed by atoms with Gasteiger partial charge in [0.05, 0.1) is 17.5 Å². The van der Waals surface area contributed by atoms with E-state index in [9.17, 15) is 0 Å². The van der Waals surface area contributed by atoms with Crippen LogP contribution >= 0.6 is 12.4 Å². The van der Waals surface area contributed by atoms with Crippen molar-refractivity contribution in [1.29, 1.82) is 0 Å². The quantitative estimate of drug-likeness (QED) is 0.384. The number of benzene rings is 2. The molecule has 0 aliphatic rings. The summed E-state index contributed by atoms with van der Waals surface area (Å²) in [6, 6.07) is 18.7. The highest BCUT2D eigenvalue weighted by Gasteiger charge is 2.14. The Balaban J connectivity index is 0.000000217. The molecule has 0 fully saturated rings. The number of para-hydroxylation sites is 2. The Bertz CT molecular complexity index is 900. The van der Waals surface area contributed by atoms with Crippen LogP contribution in [0, 0.1) is 0 Å². The zero-order chi connectivity index (χ0) is 19.2. The maximum absolute atomic E-state index is 4.18. The van der Waals surface area contributed by atoms with Crippen LogP contribution in [0.15, 0.2) is 79.5 Å². The lowest BCUT2D eigenvalue weighted by Crippen LogP contribution is -2.05. The van der Waals surface area contributed by atoms with Crippen molar-refractivity contribution in [2.45, 2.75) is 39.5 Å². The summed E-state index contributed by atoms with van der Waals surface area (Å²) in [4.78, 5) is 8.34. The number of aromatic nitrogens is 3. The predicted octanol–water partition coefficient (Wildman–Crippen LogP) is 6.78. The zero-order valence-electron chi connectivity index (χ0n) is 16.9. The molecule has 4 heteroatoms. The third kappa shape index (κ3) is 4.99. The molecule has 0 saturated heterocycles. The average Bonchev–Trinajstić information content (AvgIpc) is 3.22. The summed E-state index contributed by atoms with van der Waals surface area (Å²) >= 11 is 0. The summed E-state index contributed by atoms with van der Waals surface area (Å²) in [5, 5.41) is 1.20. The third-order valence-corrected chi connectivity index (χ3v) is 4.62. The highest BCUT2D eigenvalue weighted by Crippen LogP contribution is 2.30. The van der Waals surface area contributed by atoms with Crippen LogP contribution in [-0.4, -0.2) is 14.5 Å². The molecule has 0 saturated carbocycles. The van der Waals surface area contributed by atoms with Crippen molar-refractivity contribution in [2.75, 3.05) is 0 Å². The Morgan fingerprint density at radius 1 is 0.750 bits per heavy atom. The molecule has 28 heavy (non-hydrogen) atoms. The van der Waals surface area contributed by atoms with E-state index in [0.717, 1.165) is 5.52 Å². The normalized spacial score (nSPS) is 10.5. The van der Waals surface area contributed by atoms with E-state index in [2.05, 4.69) is 72.6 Å². The second kappa shape index (κ2) is 10.0. The molecule has 0 spiro atoms. The second-order valence-corrected chi connectivity index (χ2v) is 7.26. The molecule has 0 unspecified atom stereocenters. The maximum Gasteiger partial charge on any atom is 0.0991 e. The first-order chi connectivity index (χ1) is 13.1. The van der Waals surface area contributed by atoms with Crippen LogP contribution in [0.25, 0.3) is 16.6 Å². The van der Waals surface area contributed by atoms with Gasteiger partial charge in [0, 0.05) is 24.0 Å². The Morgan fingerprint density at radius 2 is 1.39 bits per heavy atom. The number of halogens is 1. The van der Waals surface area contributed by atoms with E-state index in [1.807, 2.05) is 49.2 Å². The minimum Gasteiger partial charge on any atom is -0.306 e. The van der Waals surface area contributed by atoms with Crippen LogP contribution < -0.4 is 0 Å². The largest absolute Gasteiger partial charge is 0.306 e. The highest BCUT2D eigenvalue weighted by atomic mass is 35.5. The van der Waals surface area contributed by atoms with Crippen LogP contribution in [0.5, 0.6) is 0 Å². The van der Waals surface area contributed by atoms with Crippen LogP contribution in [0.2, 0.25) is 0 Å². The number of hydrogen-bond acceptors (Lipinski definition) is 2. The Kier molecular flexibility index (Phi) is 7.77. The van der Waals surface area contributed by atoms with Gasteiger partial charge in [0.25, 0.3) is 0 Å². The van der Waals surface area contributed by atoms with Crippen LogP contribution in [0.1, 0.15) is 50.7 Å². The van der Waals surface area contributed by atoms with E-state index in [1.165, 1.54) is 22.2 Å². The van der Waals surface area contributed by atoms with Crippen molar-refractivity contribution < 1.29 is 0 Å². The summed E-state index contributed by atoms with van der Waals surface area (Å²) in [6.07, 6.45) is 7.55. The van der Waals surface area contributed by atoms with Gasteiger partial charge in [0.1, 0.15) is 0 Å². The minimum atomic E-state index is 0. The van der Waals surface area contributed by atoms with Gasteiger partial charge >= 0.3 is 0 Å². The van der Waals surface area contributed by atoms with Gasteiger partial charge in [-0.25, -0.2) is 4.98 Å². The minimum absolute atomic E-state index is 0. The summed E-state index contributed by atoms with van der Waals surface area (Å²) in [5.41, 5.74) is 5.13. The fourth-order valence-corrected chi connectivity index (χ4v) is 3.22. The van der Waals surface area contributed by atoms with E-state index in [0.29, 0.717) is 11.8 Å². The van der Waals surface area contributed by atoms with Gasteiger partial charge < -0.3 is 4.57 Å². The van der Waals surface area contributed by atoms with Crippen LogP contribution in [0.3, 0.4) is 0 Å². The van der Waals surface area contributed by atoms with Crippen molar-refractivity contribution in [3.63, 3.8) is 0 Å². The fraction of sp³-hybridized carbons (Fsp3) is 0.250. The summed E-state index contributed by atoms with van der Waals surface area (Å²) in [6.45, 7) is 8.94. The molecule has 4 aromatic rings. The van der Waals surface area contributed by atoms with E-state index in [1.54, 1.807) is 0 Å². The van der Waals surface area contributed by atoms with Gasteiger partial charge in [-0.15, -0.1) is 12.4 Å². The molecule has 2 heterocycles. The number of nitrogens with zero attached hydrogens (tertiary/aromatic N) is 3. The standard InChI is InChI=1S/C15H20N2.C9H7N.ClH/c1-11(2)13-6-5-7-14(12(3)4)15(13)17-9-8-16-10-17;1-2-6-9-8(4-1)5-3-7-10-9;/h5-12H,1-4H3;1-7H;1H. The average molecular weight is 394 g/mol. The SMILES string of the molecule is CC(C)c1cccc(C(C)C)c1-n1ccnc1.Cl.c1ccc2ncccc2c1. The fourth-order valence-electron chi connectivity index (χ4n) is 3.22. The van der Waals surface area contributed by atoms with Crippen molar-refractivity contribution in [3.8, 4) is 5.69 Å². The molecule has 3 nitrogen and oxygen atoms in total. The molecule has 0 atom stereocenters. The summed E-state index contributed by atoms with van der Waals surface area (Å²) < 4.78 is 2.13. The van der Waals surface area contributed by atoms with E-state index >= 15 is 0 Å². The molecule has 2 aromatic carbocycles. The summed E-state index contributed by atoms with van der Waals surface area (Å²) in [7, 11) is 0. The van der Waals surface area contributed by atoms with Gasteiger partial charge in [0.2, 0.25) is 0 Å². The molecule has 4 rings (SSSR count). The van der Waals surface area contributed by atoms with Gasteiger partial charge in [-0.1, -0.05) is 70.2 Å². The first-order valence-electron chi connectivity index (χ1n) is 9.49. The predicted molar refractivity (Wildman–Crippen MR) is 121 cm³/mol. The molecule has 2 aromatic heterocycles. The third-order valence-electron chi connectivity index (χ3n) is 4.62.